The van der Waals surface area contributed by atoms with Crippen molar-refractivity contribution in [1.82, 2.24) is 20.4 Å². The van der Waals surface area contributed by atoms with Crippen molar-refractivity contribution < 1.29 is 4.74 Å². The van der Waals surface area contributed by atoms with Gasteiger partial charge in [-0.1, -0.05) is 6.08 Å². The van der Waals surface area contributed by atoms with Crippen molar-refractivity contribution in [3.63, 3.8) is 0 Å². The summed E-state index contributed by atoms with van der Waals surface area (Å²) in [5.41, 5.74) is -0.00936. The Morgan fingerprint density at radius 3 is 2.90 bits per heavy atom. The predicted molar refractivity (Wildman–Crippen MR) is 80.5 cm³/mol. The van der Waals surface area contributed by atoms with Gasteiger partial charge < -0.3 is 4.74 Å². The van der Waals surface area contributed by atoms with Crippen LogP contribution >= 0.6 is 0 Å². The van der Waals surface area contributed by atoms with Crippen molar-refractivity contribution in [2.45, 2.75) is 37.6 Å². The molecule has 0 spiro atoms. The van der Waals surface area contributed by atoms with Gasteiger partial charge in [-0.3, -0.25) is 20.4 Å². The van der Waals surface area contributed by atoms with Crippen LogP contribution in [0.3, 0.4) is 0 Å². The summed E-state index contributed by atoms with van der Waals surface area (Å²) in [6.45, 7) is 15.4. The number of piperazine rings is 1. The lowest BCUT2D eigenvalue weighted by Gasteiger charge is -2.61. The molecule has 0 amide bonds. The lowest BCUT2D eigenvalue weighted by atomic mass is 9.88. The smallest absolute Gasteiger partial charge is 0.101 e. The zero-order valence-corrected chi connectivity index (χ0v) is 12.8. The second kappa shape index (κ2) is 5.39. The fourth-order valence-electron chi connectivity index (χ4n) is 4.17. The Morgan fingerprint density at radius 2 is 2.10 bits per heavy atom. The zero-order chi connectivity index (χ0) is 14.2. The molecule has 20 heavy (non-hydrogen) atoms. The number of hydrogen-bond acceptors (Lipinski definition) is 5. The Balaban J connectivity index is 1.76. The standard InChI is InChI=1S/C15H28N4O/c1-4-10-20-12-13-11-17-15(3)14(2)16-6-5-7-18(14)8-9-19(13)15/h4,13,16-17H,1,5-12H2,2-3H3/t13?,14-,15+/m0/s1. The molecule has 0 saturated carbocycles. The lowest BCUT2D eigenvalue weighted by molar-refractivity contribution is -0.136. The molecule has 3 aliphatic rings. The van der Waals surface area contributed by atoms with Gasteiger partial charge in [0, 0.05) is 32.2 Å². The number of nitrogens with zero attached hydrogens (tertiary/aromatic N) is 2. The van der Waals surface area contributed by atoms with Gasteiger partial charge in [-0.2, -0.15) is 0 Å². The molecule has 0 aromatic heterocycles. The highest BCUT2D eigenvalue weighted by Gasteiger charge is 2.59. The van der Waals surface area contributed by atoms with Gasteiger partial charge >= 0.3 is 0 Å². The van der Waals surface area contributed by atoms with Crippen LogP contribution in [0, 0.1) is 0 Å². The van der Waals surface area contributed by atoms with Crippen LogP contribution in [0.15, 0.2) is 12.7 Å². The topological polar surface area (TPSA) is 39.8 Å². The minimum atomic E-state index is -0.0200. The molecule has 0 aliphatic carbocycles. The monoisotopic (exact) mass is 280 g/mol. The molecule has 0 aromatic rings. The van der Waals surface area contributed by atoms with Crippen LogP contribution in [-0.2, 0) is 4.74 Å². The maximum absolute atomic E-state index is 5.70. The Kier molecular flexibility index (Phi) is 3.90. The molecule has 0 radical (unpaired) electrons. The fourth-order valence-corrected chi connectivity index (χ4v) is 4.17. The molecule has 114 valence electrons. The highest BCUT2D eigenvalue weighted by molar-refractivity contribution is 5.14. The average molecular weight is 280 g/mol. The number of nitrogens with one attached hydrogen (secondary N) is 2. The van der Waals surface area contributed by atoms with E-state index in [0.29, 0.717) is 12.6 Å². The maximum Gasteiger partial charge on any atom is 0.101 e. The third kappa shape index (κ3) is 2.04. The zero-order valence-electron chi connectivity index (χ0n) is 12.8. The average Bonchev–Trinajstić information content (AvgIpc) is 2.78. The maximum atomic E-state index is 5.70. The van der Waals surface area contributed by atoms with Crippen molar-refractivity contribution in [3.8, 4) is 0 Å². The van der Waals surface area contributed by atoms with Gasteiger partial charge in [0.1, 0.15) is 11.3 Å². The van der Waals surface area contributed by atoms with Crippen molar-refractivity contribution in [3.05, 3.63) is 12.7 Å². The first-order valence-electron chi connectivity index (χ1n) is 7.82. The fraction of sp³-hybridized carbons (Fsp3) is 0.867. The summed E-state index contributed by atoms with van der Waals surface area (Å²) in [6, 6.07) is 0.461. The SMILES string of the molecule is C=CCOCC1CN[C@]2(C)N1CCN1CCCN[C@@]12C. The second-order valence-corrected chi connectivity index (χ2v) is 6.47. The Bertz CT molecular complexity index is 377. The van der Waals surface area contributed by atoms with Crippen LogP contribution in [0.25, 0.3) is 0 Å². The molecule has 0 aromatic carbocycles. The van der Waals surface area contributed by atoms with E-state index in [-0.39, 0.29) is 11.3 Å². The molecular weight excluding hydrogens is 252 g/mol. The van der Waals surface area contributed by atoms with Crippen LogP contribution in [0.1, 0.15) is 20.3 Å². The summed E-state index contributed by atoms with van der Waals surface area (Å²) in [5, 5.41) is 7.53. The van der Waals surface area contributed by atoms with Gasteiger partial charge in [0.25, 0.3) is 0 Å². The number of fused-ring (bicyclic) bond motifs is 3. The van der Waals surface area contributed by atoms with E-state index in [2.05, 4.69) is 40.9 Å². The summed E-state index contributed by atoms with van der Waals surface area (Å²) < 4.78 is 5.70. The number of ether oxygens (including phenoxy) is 1. The molecule has 3 heterocycles. The molecule has 3 rings (SSSR count). The Morgan fingerprint density at radius 1 is 1.25 bits per heavy atom. The van der Waals surface area contributed by atoms with Gasteiger partial charge in [-0.25, -0.2) is 0 Å². The van der Waals surface area contributed by atoms with Crippen LogP contribution in [-0.4, -0.2) is 73.1 Å². The van der Waals surface area contributed by atoms with E-state index >= 15 is 0 Å². The molecule has 5 nitrogen and oxygen atoms in total. The largest absolute Gasteiger partial charge is 0.376 e. The first-order valence-corrected chi connectivity index (χ1v) is 7.82. The van der Waals surface area contributed by atoms with Crippen molar-refractivity contribution in [1.29, 1.82) is 0 Å². The van der Waals surface area contributed by atoms with Crippen LogP contribution in [0.2, 0.25) is 0 Å². The normalized spacial score (nSPS) is 42.2. The summed E-state index contributed by atoms with van der Waals surface area (Å²) >= 11 is 0. The number of rotatable bonds is 4. The number of hydrogen-bond donors (Lipinski definition) is 2. The van der Waals surface area contributed by atoms with E-state index in [4.69, 9.17) is 4.74 Å². The van der Waals surface area contributed by atoms with Crippen molar-refractivity contribution in [2.24, 2.45) is 0 Å². The molecule has 3 saturated heterocycles. The molecule has 3 atom stereocenters. The second-order valence-electron chi connectivity index (χ2n) is 6.47. The molecular formula is C15H28N4O. The summed E-state index contributed by atoms with van der Waals surface area (Å²) in [4.78, 5) is 5.21. The third-order valence-electron chi connectivity index (χ3n) is 5.51. The summed E-state index contributed by atoms with van der Waals surface area (Å²) in [6.07, 6.45) is 3.07. The molecule has 5 heteroatoms. The third-order valence-corrected chi connectivity index (χ3v) is 5.51. The Labute approximate surface area is 122 Å². The van der Waals surface area contributed by atoms with Crippen LogP contribution < -0.4 is 10.6 Å². The van der Waals surface area contributed by atoms with E-state index in [1.807, 2.05) is 6.08 Å². The first kappa shape index (κ1) is 14.5. The van der Waals surface area contributed by atoms with Gasteiger partial charge in [0.2, 0.25) is 0 Å². The minimum absolute atomic E-state index is 0.0106. The highest BCUT2D eigenvalue weighted by atomic mass is 16.5. The van der Waals surface area contributed by atoms with Gasteiger partial charge in [-0.05, 0) is 26.8 Å². The van der Waals surface area contributed by atoms with Crippen molar-refractivity contribution in [2.75, 3.05) is 45.9 Å². The van der Waals surface area contributed by atoms with E-state index in [1.54, 1.807) is 0 Å². The van der Waals surface area contributed by atoms with E-state index in [9.17, 15) is 0 Å². The highest BCUT2D eigenvalue weighted by Crippen LogP contribution is 2.39. The van der Waals surface area contributed by atoms with Gasteiger partial charge in [-0.15, -0.1) is 6.58 Å². The molecule has 3 aliphatic heterocycles. The van der Waals surface area contributed by atoms with Gasteiger partial charge in [0.05, 0.1) is 13.2 Å². The molecule has 3 fully saturated rings. The summed E-state index contributed by atoms with van der Waals surface area (Å²) in [5.74, 6) is 0. The van der Waals surface area contributed by atoms with E-state index in [0.717, 1.165) is 32.8 Å². The molecule has 0 bridgehead atoms. The van der Waals surface area contributed by atoms with E-state index in [1.165, 1.54) is 13.0 Å². The Hall–Kier alpha value is -0.460. The van der Waals surface area contributed by atoms with Crippen LogP contribution in [0.4, 0.5) is 0 Å². The van der Waals surface area contributed by atoms with E-state index < -0.39 is 0 Å². The van der Waals surface area contributed by atoms with Crippen LogP contribution in [0.5, 0.6) is 0 Å². The lowest BCUT2D eigenvalue weighted by Crippen LogP contribution is -2.82. The minimum Gasteiger partial charge on any atom is -0.376 e. The summed E-state index contributed by atoms with van der Waals surface area (Å²) in [7, 11) is 0. The quantitative estimate of drug-likeness (QED) is 0.569. The van der Waals surface area contributed by atoms with Gasteiger partial charge in [0.15, 0.2) is 0 Å². The molecule has 2 N–H and O–H groups in total. The first-order chi connectivity index (χ1) is 9.62. The molecule has 1 unspecified atom stereocenters. The predicted octanol–water partition coefficient (Wildman–Crippen LogP) is 0.204. The van der Waals surface area contributed by atoms with Crippen molar-refractivity contribution >= 4 is 0 Å².